The lowest BCUT2D eigenvalue weighted by molar-refractivity contribution is 0.0942. The molecular formula is C16H28N4O2S. The highest BCUT2D eigenvalue weighted by Crippen LogP contribution is 2.26. The maximum atomic E-state index is 12.7. The van der Waals surface area contributed by atoms with Gasteiger partial charge in [-0.3, -0.25) is 0 Å². The topological polar surface area (TPSA) is 62.5 Å². The molecule has 0 aromatic carbocycles. The number of aromatic nitrogens is 2. The van der Waals surface area contributed by atoms with E-state index in [1.807, 2.05) is 4.90 Å². The molecule has 23 heavy (non-hydrogen) atoms. The third-order valence-electron chi connectivity index (χ3n) is 4.38. The molecule has 2 heterocycles. The van der Waals surface area contributed by atoms with Crippen LogP contribution in [0.4, 0.5) is 4.79 Å². The Bertz CT molecular complexity index is 512. The van der Waals surface area contributed by atoms with Gasteiger partial charge in [0.1, 0.15) is 6.54 Å². The van der Waals surface area contributed by atoms with Crippen molar-refractivity contribution < 1.29 is 9.32 Å². The number of amides is 2. The van der Waals surface area contributed by atoms with E-state index in [1.54, 1.807) is 23.7 Å². The van der Waals surface area contributed by atoms with Gasteiger partial charge in [0.25, 0.3) is 0 Å². The van der Waals surface area contributed by atoms with Gasteiger partial charge in [-0.25, -0.2) is 4.79 Å². The molecule has 0 spiro atoms. The SMILES string of the molecule is CCS[C@@H](C)c1noc(CN(C)C(=O)N2[C@H](C)CCC[C@@H]2C)n1. The molecule has 1 saturated heterocycles. The fourth-order valence-electron chi connectivity index (χ4n) is 3.09. The summed E-state index contributed by atoms with van der Waals surface area (Å²) in [5.74, 6) is 2.21. The Kier molecular flexibility index (Phi) is 6.33. The second-order valence-electron chi connectivity index (χ2n) is 6.32. The smallest absolute Gasteiger partial charge is 0.320 e. The molecule has 130 valence electrons. The van der Waals surface area contributed by atoms with Crippen molar-refractivity contribution >= 4 is 17.8 Å². The molecule has 1 fully saturated rings. The average Bonchev–Trinajstić information content (AvgIpc) is 2.95. The van der Waals surface area contributed by atoms with E-state index in [2.05, 4.69) is 37.8 Å². The second kappa shape index (κ2) is 8.04. The fourth-order valence-corrected chi connectivity index (χ4v) is 3.83. The van der Waals surface area contributed by atoms with Gasteiger partial charge in [0.2, 0.25) is 5.89 Å². The van der Waals surface area contributed by atoms with Crippen LogP contribution in [0.2, 0.25) is 0 Å². The molecule has 1 aromatic rings. The molecule has 0 aliphatic carbocycles. The van der Waals surface area contributed by atoms with Crippen LogP contribution in [0.5, 0.6) is 0 Å². The lowest BCUT2D eigenvalue weighted by Gasteiger charge is -2.40. The summed E-state index contributed by atoms with van der Waals surface area (Å²) in [5.41, 5.74) is 0. The number of thioether (sulfide) groups is 1. The molecule has 3 atom stereocenters. The Morgan fingerprint density at radius 1 is 1.43 bits per heavy atom. The number of rotatable bonds is 5. The number of hydrogen-bond acceptors (Lipinski definition) is 5. The van der Waals surface area contributed by atoms with E-state index in [4.69, 9.17) is 4.52 Å². The monoisotopic (exact) mass is 340 g/mol. The van der Waals surface area contributed by atoms with Crippen molar-refractivity contribution in [3.05, 3.63) is 11.7 Å². The predicted octanol–water partition coefficient (Wildman–Crippen LogP) is 3.70. The number of carbonyl (C=O) groups excluding carboxylic acids is 1. The van der Waals surface area contributed by atoms with Gasteiger partial charge >= 0.3 is 6.03 Å². The van der Waals surface area contributed by atoms with Crippen LogP contribution in [0.15, 0.2) is 4.52 Å². The molecule has 2 amide bonds. The van der Waals surface area contributed by atoms with Gasteiger partial charge in [-0.2, -0.15) is 16.7 Å². The third kappa shape index (κ3) is 4.40. The molecule has 0 bridgehead atoms. The maximum Gasteiger partial charge on any atom is 0.320 e. The molecule has 1 aromatic heterocycles. The van der Waals surface area contributed by atoms with E-state index >= 15 is 0 Å². The summed E-state index contributed by atoms with van der Waals surface area (Å²) in [4.78, 5) is 20.8. The van der Waals surface area contributed by atoms with Crippen LogP contribution in [0.3, 0.4) is 0 Å². The zero-order valence-corrected chi connectivity index (χ0v) is 15.6. The molecule has 1 aliphatic heterocycles. The van der Waals surface area contributed by atoms with Crippen molar-refractivity contribution in [2.24, 2.45) is 0 Å². The van der Waals surface area contributed by atoms with E-state index in [9.17, 15) is 4.79 Å². The molecule has 1 aliphatic rings. The number of likely N-dealkylation sites (tertiary alicyclic amines) is 1. The van der Waals surface area contributed by atoms with Crippen LogP contribution in [0.25, 0.3) is 0 Å². The standard InChI is InChI=1S/C16H28N4O2S/c1-6-23-13(4)15-17-14(22-18-15)10-19(5)16(21)20-11(2)8-7-9-12(20)3/h11-13H,6-10H2,1-5H3/t11-,12+,13-/m0/s1. The summed E-state index contributed by atoms with van der Waals surface area (Å²) in [6.45, 7) is 8.77. The Morgan fingerprint density at radius 3 is 2.70 bits per heavy atom. The minimum absolute atomic E-state index is 0.0421. The van der Waals surface area contributed by atoms with Gasteiger partial charge in [0.05, 0.1) is 5.25 Å². The van der Waals surface area contributed by atoms with Gasteiger partial charge in [0, 0.05) is 19.1 Å². The minimum atomic E-state index is 0.0421. The number of hydrogen-bond donors (Lipinski definition) is 0. The van der Waals surface area contributed by atoms with Crippen molar-refractivity contribution in [3.63, 3.8) is 0 Å². The quantitative estimate of drug-likeness (QED) is 0.818. The highest BCUT2D eigenvalue weighted by Gasteiger charge is 2.31. The molecule has 6 nitrogen and oxygen atoms in total. The van der Waals surface area contributed by atoms with Crippen molar-refractivity contribution in [2.45, 2.75) is 70.8 Å². The first kappa shape index (κ1) is 18.1. The van der Waals surface area contributed by atoms with Gasteiger partial charge in [-0.1, -0.05) is 12.1 Å². The second-order valence-corrected chi connectivity index (χ2v) is 7.94. The van der Waals surface area contributed by atoms with Crippen LogP contribution in [0.1, 0.15) is 63.9 Å². The lowest BCUT2D eigenvalue weighted by Crippen LogP contribution is -2.52. The van der Waals surface area contributed by atoms with Crippen molar-refractivity contribution in [2.75, 3.05) is 12.8 Å². The fraction of sp³-hybridized carbons (Fsp3) is 0.812. The summed E-state index contributed by atoms with van der Waals surface area (Å²) in [6, 6.07) is 0.612. The van der Waals surface area contributed by atoms with Crippen molar-refractivity contribution in [1.82, 2.24) is 19.9 Å². The Balaban J connectivity index is 1.98. The van der Waals surface area contributed by atoms with E-state index in [-0.39, 0.29) is 23.4 Å². The Morgan fingerprint density at radius 2 is 2.09 bits per heavy atom. The first-order valence-corrected chi connectivity index (χ1v) is 9.46. The van der Waals surface area contributed by atoms with Crippen LogP contribution < -0.4 is 0 Å². The Hall–Kier alpha value is -1.24. The number of piperidine rings is 1. The lowest BCUT2D eigenvalue weighted by atomic mass is 9.98. The third-order valence-corrected chi connectivity index (χ3v) is 5.42. The number of carbonyl (C=O) groups is 1. The average molecular weight is 340 g/mol. The van der Waals surface area contributed by atoms with Crippen LogP contribution in [0, 0.1) is 0 Å². The van der Waals surface area contributed by atoms with Crippen LogP contribution in [-0.2, 0) is 6.54 Å². The minimum Gasteiger partial charge on any atom is -0.337 e. The summed E-state index contributed by atoms with van der Waals surface area (Å²) in [5, 5.41) is 4.24. The summed E-state index contributed by atoms with van der Waals surface area (Å²) in [7, 11) is 1.80. The highest BCUT2D eigenvalue weighted by molar-refractivity contribution is 7.99. The first-order valence-electron chi connectivity index (χ1n) is 8.41. The summed E-state index contributed by atoms with van der Waals surface area (Å²) < 4.78 is 5.31. The number of nitrogens with zero attached hydrogens (tertiary/aromatic N) is 4. The van der Waals surface area contributed by atoms with Gasteiger partial charge in [0.15, 0.2) is 5.82 Å². The predicted molar refractivity (Wildman–Crippen MR) is 92.3 cm³/mol. The van der Waals surface area contributed by atoms with Crippen molar-refractivity contribution in [3.8, 4) is 0 Å². The van der Waals surface area contributed by atoms with E-state index in [0.29, 0.717) is 18.3 Å². The zero-order valence-electron chi connectivity index (χ0n) is 14.8. The molecule has 0 unspecified atom stereocenters. The van der Waals surface area contributed by atoms with Crippen LogP contribution >= 0.6 is 11.8 Å². The molecular weight excluding hydrogens is 312 g/mol. The Labute approximate surface area is 143 Å². The van der Waals surface area contributed by atoms with Gasteiger partial charge in [-0.15, -0.1) is 0 Å². The number of urea groups is 1. The maximum absolute atomic E-state index is 12.7. The molecule has 0 N–H and O–H groups in total. The summed E-state index contributed by atoms with van der Waals surface area (Å²) >= 11 is 1.77. The molecule has 7 heteroatoms. The zero-order chi connectivity index (χ0) is 17.0. The molecule has 0 saturated carbocycles. The van der Waals surface area contributed by atoms with E-state index < -0.39 is 0 Å². The molecule has 0 radical (unpaired) electrons. The van der Waals surface area contributed by atoms with Gasteiger partial charge < -0.3 is 14.3 Å². The van der Waals surface area contributed by atoms with Crippen LogP contribution in [-0.4, -0.2) is 50.9 Å². The van der Waals surface area contributed by atoms with E-state index in [0.717, 1.165) is 18.6 Å². The van der Waals surface area contributed by atoms with E-state index in [1.165, 1.54) is 6.42 Å². The molecule has 2 rings (SSSR count). The largest absolute Gasteiger partial charge is 0.337 e. The highest BCUT2D eigenvalue weighted by atomic mass is 32.2. The van der Waals surface area contributed by atoms with Crippen molar-refractivity contribution in [1.29, 1.82) is 0 Å². The van der Waals surface area contributed by atoms with Gasteiger partial charge in [-0.05, 0) is 45.8 Å². The normalized spacial score (nSPS) is 22.9. The summed E-state index contributed by atoms with van der Waals surface area (Å²) in [6.07, 6.45) is 3.33. The first-order chi connectivity index (χ1) is 10.9.